The van der Waals surface area contributed by atoms with Crippen molar-refractivity contribution in [3.8, 4) is 0 Å². The molecule has 0 spiro atoms. The van der Waals surface area contributed by atoms with Gasteiger partial charge in [-0.15, -0.1) is 0 Å². The maximum absolute atomic E-state index is 11.2. The highest BCUT2D eigenvalue weighted by atomic mass is 79.9. The molecule has 0 heterocycles. The monoisotopic (exact) mass is 287 g/mol. The quantitative estimate of drug-likeness (QED) is 0.893. The number of hydrogen-bond donors (Lipinski definition) is 2. The first kappa shape index (κ1) is 13.0. The third-order valence-electron chi connectivity index (χ3n) is 2.01. The molecule has 0 aliphatic carbocycles. The summed E-state index contributed by atoms with van der Waals surface area (Å²) in [6.45, 7) is 1.71. The van der Waals surface area contributed by atoms with Crippen molar-refractivity contribution < 1.29 is 14.6 Å². The van der Waals surface area contributed by atoms with E-state index in [0.717, 1.165) is 10.0 Å². The van der Waals surface area contributed by atoms with Gasteiger partial charge in [-0.05, 0) is 24.6 Å². The maximum atomic E-state index is 11.2. The Kier molecular flexibility index (Phi) is 5.28. The number of aliphatic hydroxyl groups is 1. The van der Waals surface area contributed by atoms with E-state index in [1.165, 1.54) is 0 Å². The number of halogens is 1. The van der Waals surface area contributed by atoms with Gasteiger partial charge < -0.3 is 15.2 Å². The third kappa shape index (κ3) is 4.20. The second-order valence-corrected chi connectivity index (χ2v) is 4.20. The molecule has 88 valence electrons. The van der Waals surface area contributed by atoms with Crippen LogP contribution < -0.4 is 5.32 Å². The molecule has 0 aromatic heterocycles. The van der Waals surface area contributed by atoms with Gasteiger partial charge in [0.1, 0.15) is 6.61 Å². The van der Waals surface area contributed by atoms with Crippen LogP contribution in [0.25, 0.3) is 0 Å². The lowest BCUT2D eigenvalue weighted by molar-refractivity contribution is 0.116. The fraction of sp³-hybridized carbons (Fsp3) is 0.364. The van der Waals surface area contributed by atoms with Crippen molar-refractivity contribution in [1.29, 1.82) is 0 Å². The van der Waals surface area contributed by atoms with Crippen molar-refractivity contribution in [2.24, 2.45) is 0 Å². The molecule has 0 saturated heterocycles. The molecule has 4 nitrogen and oxygen atoms in total. The fourth-order valence-electron chi connectivity index (χ4n) is 1.22. The number of hydrogen-bond acceptors (Lipinski definition) is 3. The van der Waals surface area contributed by atoms with Crippen LogP contribution >= 0.6 is 15.9 Å². The highest BCUT2D eigenvalue weighted by Crippen LogP contribution is 2.17. The first-order valence-corrected chi connectivity index (χ1v) is 5.72. The van der Waals surface area contributed by atoms with Crippen molar-refractivity contribution in [1.82, 2.24) is 5.32 Å². The van der Waals surface area contributed by atoms with E-state index in [9.17, 15) is 4.79 Å². The lowest BCUT2D eigenvalue weighted by Gasteiger charge is -2.14. The van der Waals surface area contributed by atoms with Crippen molar-refractivity contribution in [3.05, 3.63) is 34.3 Å². The molecule has 1 rings (SSSR count). The van der Waals surface area contributed by atoms with Gasteiger partial charge in [-0.2, -0.15) is 0 Å². The molecule has 0 bridgehead atoms. The zero-order valence-corrected chi connectivity index (χ0v) is 10.5. The van der Waals surface area contributed by atoms with Crippen LogP contribution in [0.1, 0.15) is 18.5 Å². The first-order chi connectivity index (χ1) is 7.63. The van der Waals surface area contributed by atoms with Crippen molar-refractivity contribution in [3.63, 3.8) is 0 Å². The van der Waals surface area contributed by atoms with E-state index in [2.05, 4.69) is 21.2 Å². The summed E-state index contributed by atoms with van der Waals surface area (Å²) in [7, 11) is 0. The van der Waals surface area contributed by atoms with E-state index in [1.807, 2.05) is 31.2 Å². The van der Waals surface area contributed by atoms with Crippen LogP contribution in [0.5, 0.6) is 0 Å². The van der Waals surface area contributed by atoms with Crippen molar-refractivity contribution in [2.45, 2.75) is 13.0 Å². The van der Waals surface area contributed by atoms with Gasteiger partial charge in [0.2, 0.25) is 0 Å². The van der Waals surface area contributed by atoms with E-state index < -0.39 is 6.09 Å². The lowest BCUT2D eigenvalue weighted by Crippen LogP contribution is -2.28. The Morgan fingerprint density at radius 1 is 1.62 bits per heavy atom. The van der Waals surface area contributed by atoms with Crippen LogP contribution in [-0.2, 0) is 4.74 Å². The number of carbonyl (C=O) groups is 1. The molecule has 0 aliphatic rings. The second kappa shape index (κ2) is 6.50. The van der Waals surface area contributed by atoms with E-state index in [-0.39, 0.29) is 19.3 Å². The minimum absolute atomic E-state index is 0.0109. The molecular weight excluding hydrogens is 274 g/mol. The number of aliphatic hydroxyl groups excluding tert-OH is 1. The van der Waals surface area contributed by atoms with E-state index in [0.29, 0.717) is 0 Å². The summed E-state index contributed by atoms with van der Waals surface area (Å²) in [4.78, 5) is 11.2. The zero-order chi connectivity index (χ0) is 12.0. The lowest BCUT2D eigenvalue weighted by atomic mass is 10.1. The Morgan fingerprint density at radius 2 is 2.38 bits per heavy atom. The summed E-state index contributed by atoms with van der Waals surface area (Å²) in [5.41, 5.74) is 0.982. The first-order valence-electron chi connectivity index (χ1n) is 4.93. The van der Waals surface area contributed by atoms with E-state index in [1.54, 1.807) is 0 Å². The van der Waals surface area contributed by atoms with Gasteiger partial charge in [0.15, 0.2) is 0 Å². The average Bonchev–Trinajstić information content (AvgIpc) is 2.26. The van der Waals surface area contributed by atoms with E-state index >= 15 is 0 Å². The molecule has 0 radical (unpaired) electrons. The van der Waals surface area contributed by atoms with Crippen molar-refractivity contribution >= 4 is 22.0 Å². The van der Waals surface area contributed by atoms with Crippen LogP contribution in [0.4, 0.5) is 4.79 Å². The molecule has 0 aliphatic heterocycles. The molecule has 0 fully saturated rings. The number of amides is 1. The molecule has 1 amide bonds. The second-order valence-electron chi connectivity index (χ2n) is 3.28. The third-order valence-corrected chi connectivity index (χ3v) is 2.50. The van der Waals surface area contributed by atoms with Crippen LogP contribution in [0.15, 0.2) is 28.7 Å². The van der Waals surface area contributed by atoms with Crippen molar-refractivity contribution in [2.75, 3.05) is 13.2 Å². The highest BCUT2D eigenvalue weighted by molar-refractivity contribution is 9.10. The molecule has 5 heteroatoms. The molecule has 0 saturated carbocycles. The Morgan fingerprint density at radius 3 is 3.00 bits per heavy atom. The number of nitrogens with one attached hydrogen (secondary N) is 1. The largest absolute Gasteiger partial charge is 0.447 e. The van der Waals surface area contributed by atoms with Gasteiger partial charge in [0.05, 0.1) is 12.6 Å². The van der Waals surface area contributed by atoms with Gasteiger partial charge in [-0.1, -0.05) is 28.1 Å². The normalized spacial score (nSPS) is 11.9. The smallest absolute Gasteiger partial charge is 0.407 e. The van der Waals surface area contributed by atoms with Crippen LogP contribution in [0.2, 0.25) is 0 Å². The van der Waals surface area contributed by atoms with Gasteiger partial charge in [-0.3, -0.25) is 0 Å². The summed E-state index contributed by atoms with van der Waals surface area (Å²) in [5.74, 6) is 0. The minimum atomic E-state index is -0.526. The molecular formula is C11H14BrNO3. The fourth-order valence-corrected chi connectivity index (χ4v) is 1.63. The van der Waals surface area contributed by atoms with E-state index in [4.69, 9.17) is 9.84 Å². The van der Waals surface area contributed by atoms with Gasteiger partial charge >= 0.3 is 6.09 Å². The SMILES string of the molecule is C[C@@H](NC(=O)OCCO)c1cccc(Br)c1. The summed E-state index contributed by atoms with van der Waals surface area (Å²) >= 11 is 3.36. The summed E-state index contributed by atoms with van der Waals surface area (Å²) in [5, 5.41) is 11.2. The molecule has 1 atom stereocenters. The standard InChI is InChI=1S/C11H14BrNO3/c1-8(13-11(15)16-6-5-14)9-3-2-4-10(12)7-9/h2-4,7-8,14H,5-6H2,1H3,(H,13,15)/t8-/m1/s1. The maximum Gasteiger partial charge on any atom is 0.407 e. The van der Waals surface area contributed by atoms with Crippen LogP contribution in [-0.4, -0.2) is 24.4 Å². The molecule has 2 N–H and O–H groups in total. The Balaban J connectivity index is 2.52. The predicted molar refractivity (Wildman–Crippen MR) is 64.1 cm³/mol. The van der Waals surface area contributed by atoms with Crippen LogP contribution in [0.3, 0.4) is 0 Å². The van der Waals surface area contributed by atoms with Gasteiger partial charge in [0.25, 0.3) is 0 Å². The number of benzene rings is 1. The van der Waals surface area contributed by atoms with Gasteiger partial charge in [-0.25, -0.2) is 4.79 Å². The number of alkyl carbamates (subject to hydrolysis) is 1. The number of ether oxygens (including phenoxy) is 1. The summed E-state index contributed by atoms with van der Waals surface area (Å²) < 4.78 is 5.66. The summed E-state index contributed by atoms with van der Waals surface area (Å²) in [6, 6.07) is 7.53. The molecule has 0 unspecified atom stereocenters. The zero-order valence-electron chi connectivity index (χ0n) is 8.94. The number of rotatable bonds is 4. The highest BCUT2D eigenvalue weighted by Gasteiger charge is 2.09. The number of carbonyl (C=O) groups excluding carboxylic acids is 1. The summed E-state index contributed by atoms with van der Waals surface area (Å²) in [6.07, 6.45) is -0.526. The molecule has 1 aromatic carbocycles. The Hall–Kier alpha value is -1.07. The Labute approximate surface area is 103 Å². The molecule has 16 heavy (non-hydrogen) atoms. The average molecular weight is 288 g/mol. The topological polar surface area (TPSA) is 58.6 Å². The minimum Gasteiger partial charge on any atom is -0.447 e. The van der Waals surface area contributed by atoms with Crippen LogP contribution in [0, 0.1) is 0 Å². The molecule has 1 aromatic rings. The Bertz CT molecular complexity index is 357. The predicted octanol–water partition coefficient (Wildman–Crippen LogP) is 2.23. The van der Waals surface area contributed by atoms with Gasteiger partial charge in [0, 0.05) is 4.47 Å².